The largest absolute Gasteiger partial charge is 0.411 e. The highest BCUT2D eigenvalue weighted by atomic mass is 28.4. The lowest BCUT2D eigenvalue weighted by atomic mass is 10.00. The van der Waals surface area contributed by atoms with Crippen molar-refractivity contribution in [3.05, 3.63) is 77.6 Å². The van der Waals surface area contributed by atoms with Gasteiger partial charge in [-0.05, 0) is 41.7 Å². The van der Waals surface area contributed by atoms with Gasteiger partial charge in [0.2, 0.25) is 5.82 Å². The maximum absolute atomic E-state index is 13.5. The van der Waals surface area contributed by atoms with Gasteiger partial charge in [-0.2, -0.15) is 5.26 Å². The molecule has 0 radical (unpaired) electrons. The first-order valence-electron chi connectivity index (χ1n) is 14.7. The van der Waals surface area contributed by atoms with Gasteiger partial charge in [-0.3, -0.25) is 9.88 Å². The number of pyridine rings is 1. The minimum Gasteiger partial charge on any atom is -0.411 e. The highest BCUT2D eigenvalue weighted by molar-refractivity contribution is 6.74. The molecule has 0 aliphatic carbocycles. The van der Waals surface area contributed by atoms with Crippen LogP contribution in [0.2, 0.25) is 18.1 Å². The van der Waals surface area contributed by atoms with E-state index in [1.807, 2.05) is 28.0 Å². The number of hydrogen-bond acceptors (Lipinski definition) is 7. The molecular formula is C32H41N7O2Si. The van der Waals surface area contributed by atoms with Crippen molar-refractivity contribution in [2.45, 2.75) is 64.5 Å². The summed E-state index contributed by atoms with van der Waals surface area (Å²) < 4.78 is 6.97. The molecule has 5 rings (SSSR count). The highest BCUT2D eigenvalue weighted by Gasteiger charge is 2.41. The average Bonchev–Trinajstić information content (AvgIpc) is 3.30. The van der Waals surface area contributed by atoms with Crippen molar-refractivity contribution in [3.8, 4) is 17.2 Å². The first-order valence-corrected chi connectivity index (χ1v) is 17.6. The molecule has 0 N–H and O–H groups in total. The van der Waals surface area contributed by atoms with E-state index in [-0.39, 0.29) is 23.0 Å². The number of nitrogens with zero attached hydrogens (tertiary/aromatic N) is 7. The van der Waals surface area contributed by atoms with Crippen LogP contribution in [0.3, 0.4) is 0 Å². The molecule has 4 heterocycles. The average molecular weight is 584 g/mol. The molecule has 42 heavy (non-hydrogen) atoms. The molecule has 1 saturated heterocycles. The number of carbonyl (C=O) groups is 1. The summed E-state index contributed by atoms with van der Waals surface area (Å²) in [6.45, 7) is 16.5. The van der Waals surface area contributed by atoms with Gasteiger partial charge in [0.05, 0.1) is 18.3 Å². The van der Waals surface area contributed by atoms with Gasteiger partial charge in [0.25, 0.3) is 0 Å². The summed E-state index contributed by atoms with van der Waals surface area (Å²) >= 11 is 0. The van der Waals surface area contributed by atoms with Crippen LogP contribution in [0.25, 0.3) is 11.1 Å². The van der Waals surface area contributed by atoms with E-state index in [4.69, 9.17) is 9.69 Å². The molecule has 220 valence electrons. The van der Waals surface area contributed by atoms with Crippen molar-refractivity contribution in [3.63, 3.8) is 0 Å². The van der Waals surface area contributed by atoms with E-state index in [0.717, 1.165) is 42.9 Å². The molecule has 10 heteroatoms. The van der Waals surface area contributed by atoms with Crippen LogP contribution in [-0.2, 0) is 23.9 Å². The lowest BCUT2D eigenvalue weighted by Crippen LogP contribution is -2.51. The molecule has 0 spiro atoms. The summed E-state index contributed by atoms with van der Waals surface area (Å²) in [6.07, 6.45) is 6.00. The number of rotatable bonds is 9. The van der Waals surface area contributed by atoms with Crippen LogP contribution in [0.15, 0.2) is 55.0 Å². The number of aromatic nitrogens is 3. The number of urea groups is 1. The monoisotopic (exact) mass is 583 g/mol. The number of nitriles is 1. The van der Waals surface area contributed by atoms with Crippen molar-refractivity contribution >= 4 is 14.3 Å². The van der Waals surface area contributed by atoms with E-state index in [0.29, 0.717) is 26.2 Å². The molecular weight excluding hydrogens is 542 g/mol. The maximum Gasteiger partial charge on any atom is 0.320 e. The van der Waals surface area contributed by atoms with E-state index in [1.54, 1.807) is 18.6 Å². The SMILES string of the molecule is CC(C)(C)[Si](C)(C)OC(CN1CCc2ccccc2C1)CN1CCN(Cc2ccc(-c3cnc(C#N)nc3)cn2)C1=O. The summed E-state index contributed by atoms with van der Waals surface area (Å²) in [6, 6.07) is 14.5. The van der Waals surface area contributed by atoms with Gasteiger partial charge >= 0.3 is 6.03 Å². The molecule has 1 unspecified atom stereocenters. The Balaban J connectivity index is 1.23. The molecule has 3 aromatic rings. The standard InChI is InChI=1S/C32H41N7O2Si/c1-32(2,3)42(4,5)41-29(22-37-13-12-24-8-6-7-9-26(24)20-37)23-39-15-14-38(31(39)40)21-28-11-10-25(17-34-28)27-18-35-30(16-33)36-19-27/h6-11,17-19,29H,12-15,20-23H2,1-5H3. The van der Waals surface area contributed by atoms with Crippen LogP contribution in [0, 0.1) is 11.3 Å². The predicted octanol–water partition coefficient (Wildman–Crippen LogP) is 5.10. The molecule has 1 fully saturated rings. The number of amides is 2. The number of fused-ring (bicyclic) bond motifs is 1. The van der Waals surface area contributed by atoms with Crippen LogP contribution in [0.4, 0.5) is 4.79 Å². The van der Waals surface area contributed by atoms with Crippen LogP contribution in [0.1, 0.15) is 43.4 Å². The molecule has 0 saturated carbocycles. The second-order valence-electron chi connectivity index (χ2n) is 12.8. The third-order valence-electron chi connectivity index (χ3n) is 8.81. The number of benzene rings is 1. The molecule has 0 bridgehead atoms. The van der Waals surface area contributed by atoms with Crippen molar-refractivity contribution < 1.29 is 9.22 Å². The van der Waals surface area contributed by atoms with Crippen molar-refractivity contribution in [2.75, 3.05) is 32.7 Å². The zero-order chi connectivity index (χ0) is 29.9. The minimum absolute atomic E-state index is 0.0363. The third-order valence-corrected chi connectivity index (χ3v) is 13.3. The minimum atomic E-state index is -2.05. The molecule has 2 amide bonds. The number of hydrogen-bond donors (Lipinski definition) is 0. The fourth-order valence-corrected chi connectivity index (χ4v) is 6.67. The van der Waals surface area contributed by atoms with E-state index in [1.165, 1.54) is 11.1 Å². The topological polar surface area (TPSA) is 98.5 Å². The van der Waals surface area contributed by atoms with Gasteiger partial charge in [0.15, 0.2) is 8.32 Å². The van der Waals surface area contributed by atoms with E-state index in [2.05, 4.69) is 78.0 Å². The Morgan fingerprint density at radius 3 is 2.29 bits per heavy atom. The Bertz CT molecular complexity index is 1430. The first kappa shape index (κ1) is 29.8. The van der Waals surface area contributed by atoms with Crippen LogP contribution >= 0.6 is 0 Å². The summed E-state index contributed by atoms with van der Waals surface area (Å²) in [4.78, 5) is 32.5. The Kier molecular flexibility index (Phi) is 8.73. The summed E-state index contributed by atoms with van der Waals surface area (Å²) in [5.74, 6) is 0.138. The Morgan fingerprint density at radius 1 is 0.929 bits per heavy atom. The molecule has 9 nitrogen and oxygen atoms in total. The number of carbonyl (C=O) groups excluding carboxylic acids is 1. The van der Waals surface area contributed by atoms with Gasteiger partial charge < -0.3 is 14.2 Å². The van der Waals surface area contributed by atoms with Gasteiger partial charge in [-0.25, -0.2) is 14.8 Å². The quantitative estimate of drug-likeness (QED) is 0.323. The third kappa shape index (κ3) is 6.86. The van der Waals surface area contributed by atoms with Crippen molar-refractivity contribution in [1.29, 1.82) is 5.26 Å². The van der Waals surface area contributed by atoms with E-state index < -0.39 is 8.32 Å². The van der Waals surface area contributed by atoms with E-state index >= 15 is 0 Å². The van der Waals surface area contributed by atoms with Gasteiger partial charge in [0, 0.05) is 69.0 Å². The summed E-state index contributed by atoms with van der Waals surface area (Å²) in [7, 11) is -2.05. The first-order chi connectivity index (χ1) is 20.0. The maximum atomic E-state index is 13.5. The lowest BCUT2D eigenvalue weighted by Gasteiger charge is -2.42. The normalized spacial score (nSPS) is 16.8. The second kappa shape index (κ2) is 12.3. The van der Waals surface area contributed by atoms with Crippen LogP contribution in [0.5, 0.6) is 0 Å². The Morgan fingerprint density at radius 2 is 1.62 bits per heavy atom. The molecule has 2 aliphatic rings. The van der Waals surface area contributed by atoms with Gasteiger partial charge in [0.1, 0.15) is 6.07 Å². The zero-order valence-corrected chi connectivity index (χ0v) is 26.4. The fourth-order valence-electron chi connectivity index (χ4n) is 5.34. The molecule has 2 aliphatic heterocycles. The fraction of sp³-hybridized carbons (Fsp3) is 0.469. The second-order valence-corrected chi connectivity index (χ2v) is 17.6. The predicted molar refractivity (Wildman–Crippen MR) is 165 cm³/mol. The smallest absolute Gasteiger partial charge is 0.320 e. The van der Waals surface area contributed by atoms with Crippen molar-refractivity contribution in [2.24, 2.45) is 0 Å². The van der Waals surface area contributed by atoms with Gasteiger partial charge in [-0.1, -0.05) is 51.1 Å². The zero-order valence-electron chi connectivity index (χ0n) is 25.4. The molecule has 1 atom stereocenters. The summed E-state index contributed by atoms with van der Waals surface area (Å²) in [5.41, 5.74) is 5.31. The lowest BCUT2D eigenvalue weighted by molar-refractivity contribution is 0.0878. The van der Waals surface area contributed by atoms with Crippen LogP contribution < -0.4 is 0 Å². The van der Waals surface area contributed by atoms with E-state index in [9.17, 15) is 4.79 Å². The Labute approximate surface area is 250 Å². The molecule has 1 aromatic carbocycles. The van der Waals surface area contributed by atoms with Gasteiger partial charge in [-0.15, -0.1) is 0 Å². The molecule has 2 aromatic heterocycles. The Hall–Kier alpha value is -3.65. The summed E-state index contributed by atoms with van der Waals surface area (Å²) in [5, 5.41) is 9.00. The van der Waals surface area contributed by atoms with Crippen molar-refractivity contribution in [1.82, 2.24) is 29.7 Å². The van der Waals surface area contributed by atoms with Crippen LogP contribution in [-0.4, -0.2) is 82.8 Å². The highest BCUT2D eigenvalue weighted by Crippen LogP contribution is 2.37.